The molecule has 1 aliphatic heterocycles. The Hall–Kier alpha value is -0.900. The normalized spacial score (nSPS) is 24.6. The molecule has 0 saturated carbocycles. The third-order valence-corrected chi connectivity index (χ3v) is 3.82. The summed E-state index contributed by atoms with van der Waals surface area (Å²) >= 11 is 0. The SMILES string of the molecule is CCCNC1(CN)CCN(Cc2ccccc2)C1. The molecule has 1 saturated heterocycles. The predicted octanol–water partition coefficient (Wildman–Crippen LogP) is 1.59. The minimum atomic E-state index is 0.144. The monoisotopic (exact) mass is 247 g/mol. The highest BCUT2D eigenvalue weighted by Crippen LogP contribution is 2.22. The predicted molar refractivity (Wildman–Crippen MR) is 76.4 cm³/mol. The van der Waals surface area contributed by atoms with Crippen molar-refractivity contribution in [3.63, 3.8) is 0 Å². The molecule has 0 bridgehead atoms. The van der Waals surface area contributed by atoms with Crippen LogP contribution in [-0.2, 0) is 6.54 Å². The van der Waals surface area contributed by atoms with E-state index < -0.39 is 0 Å². The van der Waals surface area contributed by atoms with Gasteiger partial charge in [0.1, 0.15) is 0 Å². The molecule has 0 aromatic heterocycles. The second kappa shape index (κ2) is 6.32. The van der Waals surface area contributed by atoms with E-state index in [1.807, 2.05) is 0 Å². The molecule has 1 aliphatic rings. The van der Waals surface area contributed by atoms with Gasteiger partial charge in [0.05, 0.1) is 0 Å². The minimum absolute atomic E-state index is 0.144. The number of benzene rings is 1. The van der Waals surface area contributed by atoms with Crippen molar-refractivity contribution in [1.29, 1.82) is 0 Å². The van der Waals surface area contributed by atoms with Crippen molar-refractivity contribution in [3.05, 3.63) is 35.9 Å². The summed E-state index contributed by atoms with van der Waals surface area (Å²) in [5.41, 5.74) is 7.51. The van der Waals surface area contributed by atoms with Gasteiger partial charge in [0.25, 0.3) is 0 Å². The molecule has 3 nitrogen and oxygen atoms in total. The molecule has 100 valence electrons. The van der Waals surface area contributed by atoms with Gasteiger partial charge in [0.2, 0.25) is 0 Å². The summed E-state index contributed by atoms with van der Waals surface area (Å²) in [5, 5.41) is 3.64. The zero-order valence-corrected chi connectivity index (χ0v) is 11.4. The fraction of sp³-hybridized carbons (Fsp3) is 0.600. The molecule has 2 rings (SSSR count). The van der Waals surface area contributed by atoms with Crippen LogP contribution in [0.2, 0.25) is 0 Å². The van der Waals surface area contributed by atoms with Crippen molar-refractivity contribution >= 4 is 0 Å². The summed E-state index contributed by atoms with van der Waals surface area (Å²) in [6.45, 7) is 7.25. The van der Waals surface area contributed by atoms with E-state index in [9.17, 15) is 0 Å². The Morgan fingerprint density at radius 1 is 1.33 bits per heavy atom. The van der Waals surface area contributed by atoms with E-state index in [1.165, 1.54) is 12.0 Å². The molecule has 0 amide bonds. The van der Waals surface area contributed by atoms with E-state index in [1.54, 1.807) is 0 Å². The average Bonchev–Trinajstić information content (AvgIpc) is 2.82. The molecule has 1 aromatic carbocycles. The van der Waals surface area contributed by atoms with Crippen LogP contribution < -0.4 is 11.1 Å². The maximum atomic E-state index is 5.98. The van der Waals surface area contributed by atoms with E-state index in [-0.39, 0.29) is 5.54 Å². The Morgan fingerprint density at radius 3 is 2.78 bits per heavy atom. The molecule has 1 aromatic rings. The maximum absolute atomic E-state index is 5.98. The van der Waals surface area contributed by atoms with Crippen LogP contribution in [0.15, 0.2) is 30.3 Å². The van der Waals surface area contributed by atoms with Crippen LogP contribution in [0.4, 0.5) is 0 Å². The summed E-state index contributed by atoms with van der Waals surface area (Å²) in [4.78, 5) is 2.50. The second-order valence-electron chi connectivity index (χ2n) is 5.36. The molecule has 1 heterocycles. The molecule has 0 radical (unpaired) electrons. The standard InChI is InChI=1S/C15H25N3/c1-2-9-17-15(12-16)8-10-18(13-15)11-14-6-4-3-5-7-14/h3-7,17H,2,8-13,16H2,1H3. The first-order valence-electron chi connectivity index (χ1n) is 6.99. The van der Waals surface area contributed by atoms with Gasteiger partial charge in [0.15, 0.2) is 0 Å². The zero-order valence-electron chi connectivity index (χ0n) is 11.4. The minimum Gasteiger partial charge on any atom is -0.329 e. The van der Waals surface area contributed by atoms with Crippen molar-refractivity contribution in [2.75, 3.05) is 26.2 Å². The Morgan fingerprint density at radius 2 is 2.11 bits per heavy atom. The van der Waals surface area contributed by atoms with Crippen LogP contribution in [0.3, 0.4) is 0 Å². The lowest BCUT2D eigenvalue weighted by atomic mass is 9.99. The molecule has 18 heavy (non-hydrogen) atoms. The molecular formula is C15H25N3. The van der Waals surface area contributed by atoms with Crippen LogP contribution in [0.1, 0.15) is 25.3 Å². The van der Waals surface area contributed by atoms with Crippen LogP contribution in [0.5, 0.6) is 0 Å². The van der Waals surface area contributed by atoms with Gasteiger partial charge < -0.3 is 11.1 Å². The fourth-order valence-corrected chi connectivity index (χ4v) is 2.71. The van der Waals surface area contributed by atoms with Gasteiger partial charge in [-0.05, 0) is 24.9 Å². The number of hydrogen-bond donors (Lipinski definition) is 2. The highest BCUT2D eigenvalue weighted by atomic mass is 15.2. The molecule has 1 fully saturated rings. The van der Waals surface area contributed by atoms with Crippen molar-refractivity contribution in [1.82, 2.24) is 10.2 Å². The fourth-order valence-electron chi connectivity index (χ4n) is 2.71. The third-order valence-electron chi connectivity index (χ3n) is 3.82. The number of likely N-dealkylation sites (tertiary alicyclic amines) is 1. The molecule has 3 heteroatoms. The molecule has 0 spiro atoms. The summed E-state index contributed by atoms with van der Waals surface area (Å²) in [6, 6.07) is 10.7. The van der Waals surface area contributed by atoms with E-state index in [0.717, 1.165) is 39.1 Å². The topological polar surface area (TPSA) is 41.3 Å². The van der Waals surface area contributed by atoms with Gasteiger partial charge in [-0.15, -0.1) is 0 Å². The van der Waals surface area contributed by atoms with Crippen molar-refractivity contribution in [2.45, 2.75) is 31.8 Å². The lowest BCUT2D eigenvalue weighted by Gasteiger charge is -2.29. The van der Waals surface area contributed by atoms with E-state index >= 15 is 0 Å². The Kier molecular flexibility index (Phi) is 4.75. The summed E-state index contributed by atoms with van der Waals surface area (Å²) in [5.74, 6) is 0. The van der Waals surface area contributed by atoms with Gasteiger partial charge in [-0.3, -0.25) is 4.90 Å². The Balaban J connectivity index is 1.90. The molecule has 1 atom stereocenters. The Bertz CT molecular complexity index is 352. The lowest BCUT2D eigenvalue weighted by molar-refractivity contribution is 0.278. The number of rotatable bonds is 6. The van der Waals surface area contributed by atoms with Gasteiger partial charge in [-0.2, -0.15) is 0 Å². The average molecular weight is 247 g/mol. The van der Waals surface area contributed by atoms with E-state index in [2.05, 4.69) is 47.5 Å². The van der Waals surface area contributed by atoms with Crippen molar-refractivity contribution < 1.29 is 0 Å². The van der Waals surface area contributed by atoms with Crippen molar-refractivity contribution in [3.8, 4) is 0 Å². The van der Waals surface area contributed by atoms with Gasteiger partial charge >= 0.3 is 0 Å². The number of nitrogens with zero attached hydrogens (tertiary/aromatic N) is 1. The smallest absolute Gasteiger partial charge is 0.0444 e. The van der Waals surface area contributed by atoms with E-state index in [4.69, 9.17) is 5.73 Å². The lowest BCUT2D eigenvalue weighted by Crippen LogP contribution is -2.53. The van der Waals surface area contributed by atoms with Crippen LogP contribution in [0, 0.1) is 0 Å². The first-order valence-corrected chi connectivity index (χ1v) is 6.99. The number of nitrogens with one attached hydrogen (secondary N) is 1. The largest absolute Gasteiger partial charge is 0.329 e. The molecule has 1 unspecified atom stereocenters. The maximum Gasteiger partial charge on any atom is 0.0444 e. The Labute approximate surface area is 110 Å². The van der Waals surface area contributed by atoms with Gasteiger partial charge in [-0.25, -0.2) is 0 Å². The van der Waals surface area contributed by atoms with Crippen LogP contribution in [-0.4, -0.2) is 36.6 Å². The quantitative estimate of drug-likeness (QED) is 0.802. The van der Waals surface area contributed by atoms with Crippen LogP contribution >= 0.6 is 0 Å². The first-order chi connectivity index (χ1) is 8.78. The molecule has 0 aliphatic carbocycles. The zero-order chi connectivity index (χ0) is 12.8. The number of nitrogens with two attached hydrogens (primary N) is 1. The highest BCUT2D eigenvalue weighted by Gasteiger charge is 2.35. The van der Waals surface area contributed by atoms with Crippen molar-refractivity contribution in [2.24, 2.45) is 5.73 Å². The summed E-state index contributed by atoms with van der Waals surface area (Å²) in [6.07, 6.45) is 2.33. The molecular weight excluding hydrogens is 222 g/mol. The number of hydrogen-bond acceptors (Lipinski definition) is 3. The highest BCUT2D eigenvalue weighted by molar-refractivity contribution is 5.15. The van der Waals surface area contributed by atoms with E-state index in [0.29, 0.717) is 0 Å². The summed E-state index contributed by atoms with van der Waals surface area (Å²) in [7, 11) is 0. The molecule has 3 N–H and O–H groups in total. The first kappa shape index (κ1) is 13.5. The second-order valence-corrected chi connectivity index (χ2v) is 5.36. The third kappa shape index (κ3) is 3.31. The van der Waals surface area contributed by atoms with Gasteiger partial charge in [-0.1, -0.05) is 37.3 Å². The van der Waals surface area contributed by atoms with Gasteiger partial charge in [0, 0.05) is 31.7 Å². The summed E-state index contributed by atoms with van der Waals surface area (Å²) < 4.78 is 0. The van der Waals surface area contributed by atoms with Crippen LogP contribution in [0.25, 0.3) is 0 Å².